The summed E-state index contributed by atoms with van der Waals surface area (Å²) in [6.07, 6.45) is 6.91. The van der Waals surface area contributed by atoms with Crippen molar-refractivity contribution in [3.8, 4) is 10.4 Å². The van der Waals surface area contributed by atoms with Crippen LogP contribution in [-0.4, -0.2) is 116 Å². The number of carboxylic acid groups (broad SMARTS) is 1. The van der Waals surface area contributed by atoms with Gasteiger partial charge in [-0.1, -0.05) is 88.7 Å². The molecular weight excluding hydrogens is 795 g/mol. The van der Waals surface area contributed by atoms with E-state index in [1.807, 2.05) is 52.0 Å². The van der Waals surface area contributed by atoms with Gasteiger partial charge in [-0.25, -0.2) is 4.98 Å². The van der Waals surface area contributed by atoms with Crippen molar-refractivity contribution in [1.82, 2.24) is 20.5 Å². The second-order valence-corrected chi connectivity index (χ2v) is 16.7. The molecule has 0 radical (unpaired) electrons. The van der Waals surface area contributed by atoms with Crippen molar-refractivity contribution in [3.05, 3.63) is 51.5 Å². The number of ether oxygens (including phenoxy) is 4. The minimum absolute atomic E-state index is 0.00102. The molecule has 1 aromatic heterocycles. The van der Waals surface area contributed by atoms with Gasteiger partial charge in [0.1, 0.15) is 24.8 Å². The molecule has 3 rings (SSSR count). The van der Waals surface area contributed by atoms with Crippen LogP contribution in [-0.2, 0) is 49.5 Å². The van der Waals surface area contributed by atoms with Crippen LogP contribution in [0.15, 0.2) is 34.9 Å². The van der Waals surface area contributed by atoms with Crippen LogP contribution < -0.4 is 10.6 Å². The highest BCUT2D eigenvalue weighted by atomic mass is 32.1. The molecule has 60 heavy (non-hydrogen) atoms. The highest BCUT2D eigenvalue weighted by Crippen LogP contribution is 2.29. The number of aromatic nitrogens is 1. The molecule has 1 saturated heterocycles. The first-order valence-electron chi connectivity index (χ1n) is 20.8. The van der Waals surface area contributed by atoms with Crippen molar-refractivity contribution < 1.29 is 48.0 Å². The molecule has 1 aliphatic heterocycles. The average Bonchev–Trinajstić information content (AvgIpc) is 3.84. The molecule has 2 aromatic rings. The molecule has 3 amide bonds. The van der Waals surface area contributed by atoms with Crippen molar-refractivity contribution in [3.63, 3.8) is 0 Å². The summed E-state index contributed by atoms with van der Waals surface area (Å²) in [5.74, 6) is -2.53. The van der Waals surface area contributed by atoms with Crippen LogP contribution in [0.25, 0.3) is 20.9 Å². The van der Waals surface area contributed by atoms with Crippen molar-refractivity contribution >= 4 is 41.0 Å². The third kappa shape index (κ3) is 18.8. The molecule has 0 unspecified atom stereocenters. The van der Waals surface area contributed by atoms with Crippen LogP contribution in [0.5, 0.6) is 0 Å². The van der Waals surface area contributed by atoms with Gasteiger partial charge in [-0.05, 0) is 41.8 Å². The number of carbonyl (C=O) groups is 5. The van der Waals surface area contributed by atoms with Crippen LogP contribution in [0.1, 0.15) is 103 Å². The number of benzene rings is 1. The molecule has 1 aromatic carbocycles. The van der Waals surface area contributed by atoms with Gasteiger partial charge in [0.25, 0.3) is 0 Å². The first kappa shape index (κ1) is 49.8. The highest BCUT2D eigenvalue weighted by Gasteiger charge is 2.46. The molecule has 0 aliphatic carbocycles. The number of nitrogens with zero attached hydrogens (tertiary/aromatic N) is 5. The molecule has 332 valence electrons. The van der Waals surface area contributed by atoms with Crippen molar-refractivity contribution in [2.24, 2.45) is 10.5 Å². The Bertz CT molecular complexity index is 1690. The highest BCUT2D eigenvalue weighted by molar-refractivity contribution is 7.13. The molecule has 0 bridgehead atoms. The van der Waals surface area contributed by atoms with Gasteiger partial charge in [-0.15, -0.1) is 11.3 Å². The molecule has 3 N–H and O–H groups in total. The van der Waals surface area contributed by atoms with E-state index in [1.54, 1.807) is 16.8 Å². The number of unbranched alkanes of at least 4 members (excludes halogenated alkanes) is 7. The first-order valence-corrected chi connectivity index (χ1v) is 21.7. The maximum Gasteiger partial charge on any atom is 0.306 e. The van der Waals surface area contributed by atoms with Gasteiger partial charge in [0.05, 0.1) is 55.7 Å². The largest absolute Gasteiger partial charge is 0.481 e. The van der Waals surface area contributed by atoms with Gasteiger partial charge in [0.2, 0.25) is 17.7 Å². The number of carboxylic acids is 1. The molecule has 2 heterocycles. The van der Waals surface area contributed by atoms with Gasteiger partial charge in [0, 0.05) is 37.3 Å². The fraction of sp³-hybridized carbons (Fsp3) is 0.667. The summed E-state index contributed by atoms with van der Waals surface area (Å²) in [4.78, 5) is 74.3. The summed E-state index contributed by atoms with van der Waals surface area (Å²) in [7, 11) is 0. The minimum Gasteiger partial charge on any atom is -0.481 e. The van der Waals surface area contributed by atoms with E-state index in [0.29, 0.717) is 26.1 Å². The lowest BCUT2D eigenvalue weighted by Crippen LogP contribution is -2.58. The Morgan fingerprint density at radius 2 is 1.55 bits per heavy atom. The number of carbonyl (C=O) groups excluding carboxylic acids is 4. The predicted molar refractivity (Wildman–Crippen MR) is 226 cm³/mol. The Hall–Kier alpha value is -4.61. The summed E-state index contributed by atoms with van der Waals surface area (Å²) in [6.45, 7) is 8.80. The van der Waals surface area contributed by atoms with E-state index in [4.69, 9.17) is 29.6 Å². The Morgan fingerprint density at radius 3 is 2.15 bits per heavy atom. The van der Waals surface area contributed by atoms with Crippen LogP contribution in [0.4, 0.5) is 0 Å². The number of esters is 1. The van der Waals surface area contributed by atoms with Crippen molar-refractivity contribution in [1.29, 1.82) is 0 Å². The summed E-state index contributed by atoms with van der Waals surface area (Å²) < 4.78 is 22.0. The number of azide groups is 1. The average molecular weight is 858 g/mol. The maximum atomic E-state index is 14.3. The van der Waals surface area contributed by atoms with E-state index in [-0.39, 0.29) is 65.3 Å². The second kappa shape index (κ2) is 27.3. The summed E-state index contributed by atoms with van der Waals surface area (Å²) >= 11 is 1.56. The third-order valence-corrected chi connectivity index (χ3v) is 10.9. The van der Waals surface area contributed by atoms with Gasteiger partial charge in [-0.3, -0.25) is 24.0 Å². The summed E-state index contributed by atoms with van der Waals surface area (Å²) in [5.41, 5.74) is 12.2. The standard InChI is InChI=1S/C42H63N7O10S/c1-30-38(60-29-45-30)32-17-15-31(16-18-32)26-44-40(54)34-25-33(59-37(53)14-12-10-8-6-5-7-9-11-13-36(51)52)27-49(34)41(55)39(42(2,3)4)47-35(50)28-58-24-23-57-22-21-56-20-19-46-48-43/h15-18,29,33-34,39H,5-14,19-28H2,1-4H3,(H,44,54)(H,47,50)(H,51,52)/t33-,34+,39-/m1/s1. The molecular formula is C42H63N7O10S. The predicted octanol–water partition coefficient (Wildman–Crippen LogP) is 6.12. The SMILES string of the molecule is Cc1ncsc1-c1ccc(CNC(=O)[C@@H]2C[C@@H](OC(=O)CCCCCCCCCCC(=O)O)CN2C(=O)[C@@H](NC(=O)COCCOCCOCCN=[N+]=[N-])C(C)(C)C)cc1. The van der Waals surface area contributed by atoms with E-state index in [0.717, 1.165) is 60.2 Å². The zero-order valence-corrected chi connectivity index (χ0v) is 36.3. The lowest BCUT2D eigenvalue weighted by molar-refractivity contribution is -0.150. The van der Waals surface area contributed by atoms with Gasteiger partial charge in [-0.2, -0.15) is 0 Å². The number of nitrogens with one attached hydrogen (secondary N) is 2. The quantitative estimate of drug-likeness (QED) is 0.0277. The van der Waals surface area contributed by atoms with E-state index >= 15 is 0 Å². The monoisotopic (exact) mass is 857 g/mol. The second-order valence-electron chi connectivity index (χ2n) is 15.9. The number of hydrogen-bond donors (Lipinski definition) is 3. The van der Waals surface area contributed by atoms with E-state index in [9.17, 15) is 24.0 Å². The molecule has 0 saturated carbocycles. The number of amides is 3. The number of hydrogen-bond acceptors (Lipinski definition) is 12. The normalized spacial score (nSPS) is 15.6. The molecule has 0 spiro atoms. The van der Waals surface area contributed by atoms with Crippen LogP contribution >= 0.6 is 11.3 Å². The minimum atomic E-state index is -1.02. The fourth-order valence-corrected chi connectivity index (χ4v) is 7.47. The Kier molecular flexibility index (Phi) is 22.6. The van der Waals surface area contributed by atoms with Crippen LogP contribution in [0.3, 0.4) is 0 Å². The molecule has 3 atom stereocenters. The Balaban J connectivity index is 1.57. The molecule has 18 heteroatoms. The zero-order valence-electron chi connectivity index (χ0n) is 35.5. The first-order chi connectivity index (χ1) is 28.8. The number of likely N-dealkylation sites (tertiary alicyclic amines) is 1. The Morgan fingerprint density at radius 1 is 0.933 bits per heavy atom. The molecule has 1 aliphatic rings. The molecule has 17 nitrogen and oxygen atoms in total. The fourth-order valence-electron chi connectivity index (χ4n) is 6.66. The van der Waals surface area contributed by atoms with Crippen LogP contribution in [0.2, 0.25) is 0 Å². The lowest BCUT2D eigenvalue weighted by atomic mass is 9.85. The van der Waals surface area contributed by atoms with Gasteiger partial charge < -0.3 is 39.6 Å². The van der Waals surface area contributed by atoms with Crippen molar-refractivity contribution in [2.45, 2.75) is 123 Å². The maximum absolute atomic E-state index is 14.3. The van der Waals surface area contributed by atoms with Crippen LogP contribution in [0, 0.1) is 12.3 Å². The number of rotatable bonds is 29. The van der Waals surface area contributed by atoms with E-state index in [2.05, 4.69) is 25.6 Å². The number of aliphatic carboxylic acids is 1. The lowest BCUT2D eigenvalue weighted by Gasteiger charge is -2.35. The zero-order chi connectivity index (χ0) is 43.8. The topological polar surface area (TPSA) is 231 Å². The molecule has 1 fully saturated rings. The van der Waals surface area contributed by atoms with E-state index < -0.39 is 53.3 Å². The van der Waals surface area contributed by atoms with Gasteiger partial charge >= 0.3 is 11.9 Å². The third-order valence-electron chi connectivity index (χ3n) is 9.89. The van der Waals surface area contributed by atoms with Gasteiger partial charge in [0.15, 0.2) is 0 Å². The van der Waals surface area contributed by atoms with Crippen molar-refractivity contribution in [2.75, 3.05) is 52.7 Å². The number of thiazole rings is 1. The summed E-state index contributed by atoms with van der Waals surface area (Å²) in [6, 6.07) is 5.87. The number of aryl methyl sites for hydroxylation is 1. The smallest absolute Gasteiger partial charge is 0.306 e. The van der Waals surface area contributed by atoms with E-state index in [1.165, 1.54) is 4.90 Å². The Labute approximate surface area is 356 Å². The summed E-state index contributed by atoms with van der Waals surface area (Å²) in [5, 5.41) is 17.9.